The Labute approximate surface area is 156 Å². The molecule has 5 heteroatoms. The molecule has 1 aromatic carbocycles. The van der Waals surface area contributed by atoms with Crippen molar-refractivity contribution >= 4 is 11.6 Å². The van der Waals surface area contributed by atoms with Crippen LogP contribution in [-0.4, -0.2) is 40.2 Å². The number of likely N-dealkylation sites (tertiary alicyclic amines) is 1. The van der Waals surface area contributed by atoms with Gasteiger partial charge in [-0.2, -0.15) is 5.10 Å². The highest BCUT2D eigenvalue weighted by molar-refractivity contribution is 5.90. The van der Waals surface area contributed by atoms with Crippen molar-refractivity contribution in [1.82, 2.24) is 14.7 Å². The molecule has 1 N–H and O–H groups in total. The highest BCUT2D eigenvalue weighted by atomic mass is 16.1. The van der Waals surface area contributed by atoms with Crippen molar-refractivity contribution < 1.29 is 4.79 Å². The summed E-state index contributed by atoms with van der Waals surface area (Å²) in [5, 5.41) is 7.26. The van der Waals surface area contributed by atoms with Gasteiger partial charge in [0.1, 0.15) is 0 Å². The Morgan fingerprint density at radius 2 is 2.08 bits per heavy atom. The zero-order chi connectivity index (χ0) is 18.2. The molecule has 140 valence electrons. The van der Waals surface area contributed by atoms with E-state index in [1.54, 1.807) is 0 Å². The normalized spacial score (nSPS) is 15.9. The topological polar surface area (TPSA) is 50.2 Å². The number of piperidine rings is 1. The van der Waals surface area contributed by atoms with Crippen LogP contribution in [0, 0.1) is 12.8 Å². The van der Waals surface area contributed by atoms with E-state index in [0.29, 0.717) is 12.3 Å². The number of nitrogens with zero attached hydrogens (tertiary/aromatic N) is 3. The number of aromatic nitrogens is 2. The maximum atomic E-state index is 12.2. The summed E-state index contributed by atoms with van der Waals surface area (Å²) in [5.41, 5.74) is 2.07. The summed E-state index contributed by atoms with van der Waals surface area (Å²) in [7, 11) is 0. The molecule has 1 amide bonds. The van der Waals surface area contributed by atoms with Crippen LogP contribution in [0.5, 0.6) is 0 Å². The fraction of sp³-hybridized carbons (Fsp3) is 0.524. The standard InChI is InChI=1S/C21H30N4O/c1-18-5-2-6-20(17-18)23-21(26)8-7-19-9-15-24(16-10-19)12-4-14-25-13-3-11-22-25/h2-3,5-6,11,13,17,19H,4,7-10,12,14-16H2,1H3,(H,23,26). The summed E-state index contributed by atoms with van der Waals surface area (Å²) in [6.07, 6.45) is 9.04. The van der Waals surface area contributed by atoms with Crippen LogP contribution in [0.3, 0.4) is 0 Å². The molecule has 5 nitrogen and oxygen atoms in total. The summed E-state index contributed by atoms with van der Waals surface area (Å²) in [4.78, 5) is 14.7. The SMILES string of the molecule is Cc1cccc(NC(=O)CCC2CCN(CCCn3cccn3)CC2)c1. The number of nitrogens with one attached hydrogen (secondary N) is 1. The molecule has 1 aromatic heterocycles. The summed E-state index contributed by atoms with van der Waals surface area (Å²) < 4.78 is 2.00. The van der Waals surface area contributed by atoms with Gasteiger partial charge < -0.3 is 10.2 Å². The lowest BCUT2D eigenvalue weighted by atomic mass is 9.92. The first-order valence-electron chi connectivity index (χ1n) is 9.75. The molecular weight excluding hydrogens is 324 g/mol. The molecule has 1 aliphatic rings. The van der Waals surface area contributed by atoms with Gasteiger partial charge in [0, 0.05) is 31.0 Å². The Morgan fingerprint density at radius 3 is 2.81 bits per heavy atom. The molecule has 3 rings (SSSR count). The first kappa shape index (κ1) is 18.6. The molecule has 1 aliphatic heterocycles. The van der Waals surface area contributed by atoms with E-state index in [4.69, 9.17) is 0 Å². The number of hydrogen-bond donors (Lipinski definition) is 1. The molecule has 0 bridgehead atoms. The number of rotatable bonds is 8. The lowest BCUT2D eigenvalue weighted by Crippen LogP contribution is -2.35. The first-order valence-corrected chi connectivity index (χ1v) is 9.75. The highest BCUT2D eigenvalue weighted by Gasteiger charge is 2.19. The fourth-order valence-electron chi connectivity index (χ4n) is 3.67. The van der Waals surface area contributed by atoms with Crippen molar-refractivity contribution in [3.8, 4) is 0 Å². The molecule has 0 radical (unpaired) electrons. The maximum absolute atomic E-state index is 12.2. The van der Waals surface area contributed by atoms with Gasteiger partial charge in [-0.25, -0.2) is 0 Å². The zero-order valence-electron chi connectivity index (χ0n) is 15.7. The van der Waals surface area contributed by atoms with Crippen molar-refractivity contribution in [2.24, 2.45) is 5.92 Å². The Bertz CT molecular complexity index is 675. The van der Waals surface area contributed by atoms with Gasteiger partial charge >= 0.3 is 0 Å². The van der Waals surface area contributed by atoms with E-state index in [2.05, 4.69) is 15.3 Å². The molecule has 2 heterocycles. The van der Waals surface area contributed by atoms with Gasteiger partial charge in [0.2, 0.25) is 5.91 Å². The Balaban J connectivity index is 1.29. The summed E-state index contributed by atoms with van der Waals surface area (Å²) >= 11 is 0. The smallest absolute Gasteiger partial charge is 0.224 e. The van der Waals surface area contributed by atoms with Gasteiger partial charge in [-0.1, -0.05) is 12.1 Å². The lowest BCUT2D eigenvalue weighted by molar-refractivity contribution is -0.116. The molecule has 2 aromatic rings. The van der Waals surface area contributed by atoms with Gasteiger partial charge in [0.15, 0.2) is 0 Å². The Hall–Kier alpha value is -2.14. The van der Waals surface area contributed by atoms with Crippen LogP contribution in [-0.2, 0) is 11.3 Å². The molecule has 0 saturated carbocycles. The molecule has 1 fully saturated rings. The van der Waals surface area contributed by atoms with E-state index in [1.807, 2.05) is 54.3 Å². The van der Waals surface area contributed by atoms with Gasteiger partial charge in [-0.05, 0) is 81.9 Å². The number of hydrogen-bond acceptors (Lipinski definition) is 3. The maximum Gasteiger partial charge on any atom is 0.224 e. The van der Waals surface area contributed by atoms with Crippen LogP contribution >= 0.6 is 0 Å². The van der Waals surface area contributed by atoms with Crippen molar-refractivity contribution in [3.63, 3.8) is 0 Å². The number of aryl methyl sites for hydroxylation is 2. The average Bonchev–Trinajstić information content (AvgIpc) is 3.14. The second-order valence-corrected chi connectivity index (χ2v) is 7.36. The first-order chi connectivity index (χ1) is 12.7. The van der Waals surface area contributed by atoms with Crippen LogP contribution in [0.2, 0.25) is 0 Å². The van der Waals surface area contributed by atoms with E-state index >= 15 is 0 Å². The van der Waals surface area contributed by atoms with Crippen LogP contribution in [0.4, 0.5) is 5.69 Å². The van der Waals surface area contributed by atoms with Crippen LogP contribution in [0.25, 0.3) is 0 Å². The predicted molar refractivity (Wildman–Crippen MR) is 105 cm³/mol. The second kappa shape index (κ2) is 9.53. The number of carbonyl (C=O) groups excluding carboxylic acids is 1. The van der Waals surface area contributed by atoms with E-state index in [0.717, 1.165) is 44.7 Å². The molecule has 26 heavy (non-hydrogen) atoms. The van der Waals surface area contributed by atoms with E-state index in [-0.39, 0.29) is 5.91 Å². The monoisotopic (exact) mass is 354 g/mol. The molecular formula is C21H30N4O. The minimum Gasteiger partial charge on any atom is -0.326 e. The van der Waals surface area contributed by atoms with Crippen molar-refractivity contribution in [3.05, 3.63) is 48.3 Å². The second-order valence-electron chi connectivity index (χ2n) is 7.36. The van der Waals surface area contributed by atoms with Crippen LogP contribution in [0.1, 0.15) is 37.7 Å². The van der Waals surface area contributed by atoms with Gasteiger partial charge in [-0.15, -0.1) is 0 Å². The van der Waals surface area contributed by atoms with Gasteiger partial charge in [0.05, 0.1) is 0 Å². The third kappa shape index (κ3) is 5.99. The highest BCUT2D eigenvalue weighted by Crippen LogP contribution is 2.22. The molecule has 0 atom stereocenters. The third-order valence-electron chi connectivity index (χ3n) is 5.21. The average molecular weight is 354 g/mol. The predicted octanol–water partition coefficient (Wildman–Crippen LogP) is 3.71. The van der Waals surface area contributed by atoms with Crippen LogP contribution < -0.4 is 5.32 Å². The fourth-order valence-corrected chi connectivity index (χ4v) is 3.67. The quantitative estimate of drug-likeness (QED) is 0.786. The number of amides is 1. The van der Waals surface area contributed by atoms with Crippen molar-refractivity contribution in [2.45, 2.75) is 45.6 Å². The zero-order valence-corrected chi connectivity index (χ0v) is 15.7. The van der Waals surface area contributed by atoms with E-state index in [9.17, 15) is 4.79 Å². The molecule has 1 saturated heterocycles. The number of carbonyl (C=O) groups is 1. The summed E-state index contributed by atoms with van der Waals surface area (Å²) in [5.74, 6) is 0.817. The van der Waals surface area contributed by atoms with E-state index < -0.39 is 0 Å². The van der Waals surface area contributed by atoms with Gasteiger partial charge in [-0.3, -0.25) is 9.48 Å². The van der Waals surface area contributed by atoms with Crippen molar-refractivity contribution in [2.75, 3.05) is 25.0 Å². The van der Waals surface area contributed by atoms with E-state index in [1.165, 1.54) is 18.4 Å². The summed E-state index contributed by atoms with van der Waals surface area (Å²) in [6, 6.07) is 9.96. The lowest BCUT2D eigenvalue weighted by Gasteiger charge is -2.31. The molecule has 0 spiro atoms. The molecule has 0 unspecified atom stereocenters. The third-order valence-corrected chi connectivity index (χ3v) is 5.21. The molecule has 0 aliphatic carbocycles. The van der Waals surface area contributed by atoms with Crippen LogP contribution in [0.15, 0.2) is 42.7 Å². The summed E-state index contributed by atoms with van der Waals surface area (Å²) in [6.45, 7) is 6.48. The van der Waals surface area contributed by atoms with Gasteiger partial charge in [0.25, 0.3) is 0 Å². The minimum absolute atomic E-state index is 0.136. The Kier molecular flexibility index (Phi) is 6.83. The van der Waals surface area contributed by atoms with Crippen molar-refractivity contribution in [1.29, 1.82) is 0 Å². The number of anilines is 1. The minimum atomic E-state index is 0.136. The number of benzene rings is 1. The Morgan fingerprint density at radius 1 is 1.23 bits per heavy atom. The largest absolute Gasteiger partial charge is 0.326 e.